The highest BCUT2D eigenvalue weighted by Crippen LogP contribution is 2.38. The van der Waals surface area contributed by atoms with Crippen molar-refractivity contribution in [3.8, 4) is 0 Å². The van der Waals surface area contributed by atoms with Crippen LogP contribution in [0.15, 0.2) is 30.5 Å². The summed E-state index contributed by atoms with van der Waals surface area (Å²) in [6, 6.07) is 7.67. The molecule has 1 atom stereocenters. The molecule has 1 saturated heterocycles. The van der Waals surface area contributed by atoms with E-state index in [2.05, 4.69) is 15.3 Å². The lowest BCUT2D eigenvalue weighted by Gasteiger charge is -2.36. The Morgan fingerprint density at radius 3 is 2.91 bits per heavy atom. The maximum absolute atomic E-state index is 12.9. The summed E-state index contributed by atoms with van der Waals surface area (Å²) in [5.41, 5.74) is 1.56. The second-order valence-electron chi connectivity index (χ2n) is 6.20. The molecule has 2 heterocycles. The molecule has 23 heavy (non-hydrogen) atoms. The molecular formula is C17H19ClN4O. The number of halogens is 1. The van der Waals surface area contributed by atoms with Crippen LogP contribution in [0.1, 0.15) is 46.7 Å². The summed E-state index contributed by atoms with van der Waals surface area (Å²) in [5.74, 6) is 1.45. The quantitative estimate of drug-likeness (QED) is 0.909. The van der Waals surface area contributed by atoms with Crippen LogP contribution in [0.3, 0.4) is 0 Å². The van der Waals surface area contributed by atoms with E-state index in [1.54, 1.807) is 6.20 Å². The third kappa shape index (κ3) is 2.86. The highest BCUT2D eigenvalue weighted by atomic mass is 35.5. The average Bonchev–Trinajstić information content (AvgIpc) is 3.32. The third-order valence-corrected chi connectivity index (χ3v) is 4.90. The van der Waals surface area contributed by atoms with Gasteiger partial charge in [0.05, 0.1) is 12.2 Å². The Balaban J connectivity index is 1.61. The molecule has 4 rings (SSSR count). The number of aromatic nitrogens is 2. The molecule has 1 amide bonds. The van der Waals surface area contributed by atoms with E-state index in [0.717, 1.165) is 30.8 Å². The lowest BCUT2D eigenvalue weighted by Crippen LogP contribution is -2.48. The van der Waals surface area contributed by atoms with Gasteiger partial charge in [-0.1, -0.05) is 29.8 Å². The fourth-order valence-corrected chi connectivity index (χ4v) is 3.40. The second kappa shape index (κ2) is 5.98. The van der Waals surface area contributed by atoms with Gasteiger partial charge >= 0.3 is 0 Å². The van der Waals surface area contributed by atoms with Gasteiger partial charge in [0.25, 0.3) is 5.91 Å². The summed E-state index contributed by atoms with van der Waals surface area (Å²) < 4.78 is 0. The number of rotatable bonds is 3. The van der Waals surface area contributed by atoms with Crippen molar-refractivity contribution in [3.05, 3.63) is 52.6 Å². The van der Waals surface area contributed by atoms with Crippen LogP contribution in [0.2, 0.25) is 5.02 Å². The van der Waals surface area contributed by atoms with E-state index in [1.165, 1.54) is 0 Å². The number of carbonyl (C=O) groups excluding carboxylic acids is 1. The van der Waals surface area contributed by atoms with Crippen molar-refractivity contribution >= 4 is 17.5 Å². The first-order chi connectivity index (χ1) is 11.2. The van der Waals surface area contributed by atoms with Gasteiger partial charge in [-0.05, 0) is 24.5 Å². The largest absolute Gasteiger partial charge is 0.338 e. The number of hydrogen-bond acceptors (Lipinski definition) is 3. The number of carbonyl (C=O) groups is 1. The van der Waals surface area contributed by atoms with E-state index in [1.807, 2.05) is 29.2 Å². The monoisotopic (exact) mass is 330 g/mol. The number of hydrogen-bond donors (Lipinski definition) is 2. The molecule has 2 aliphatic rings. The molecule has 2 fully saturated rings. The van der Waals surface area contributed by atoms with Crippen molar-refractivity contribution in [3.63, 3.8) is 0 Å². The van der Waals surface area contributed by atoms with Gasteiger partial charge in [-0.15, -0.1) is 0 Å². The molecule has 1 aromatic carbocycles. The van der Waals surface area contributed by atoms with Gasteiger partial charge in [0.15, 0.2) is 0 Å². The lowest BCUT2D eigenvalue weighted by molar-refractivity contribution is 0.0629. The molecule has 2 aromatic rings. The minimum atomic E-state index is -0.0578. The van der Waals surface area contributed by atoms with E-state index in [0.29, 0.717) is 29.7 Å². The fourth-order valence-electron chi connectivity index (χ4n) is 3.13. The summed E-state index contributed by atoms with van der Waals surface area (Å²) >= 11 is 6.34. The summed E-state index contributed by atoms with van der Waals surface area (Å²) in [7, 11) is 0. The van der Waals surface area contributed by atoms with Crippen molar-refractivity contribution in [2.75, 3.05) is 19.6 Å². The van der Waals surface area contributed by atoms with Crippen LogP contribution in [-0.2, 0) is 0 Å². The normalized spacial score (nSPS) is 21.4. The molecule has 6 heteroatoms. The smallest absolute Gasteiger partial charge is 0.272 e. The molecule has 0 bridgehead atoms. The number of aromatic amines is 1. The standard InChI is InChI=1S/C17H19ClN4O/c18-13-4-2-1-3-12(13)15-10-19-7-8-22(15)17(23)14-9-20-16(21-14)11-5-6-11/h1-4,9,11,15,19H,5-8,10H2,(H,20,21). The molecule has 0 spiro atoms. The Labute approximate surface area is 140 Å². The van der Waals surface area contributed by atoms with Crippen LogP contribution < -0.4 is 5.32 Å². The molecule has 1 aliphatic heterocycles. The first-order valence-electron chi connectivity index (χ1n) is 8.05. The highest BCUT2D eigenvalue weighted by molar-refractivity contribution is 6.31. The zero-order valence-electron chi connectivity index (χ0n) is 12.8. The Morgan fingerprint density at radius 2 is 2.13 bits per heavy atom. The SMILES string of the molecule is O=C(c1cnc(C2CC2)[nH]1)N1CCNCC1c1ccccc1Cl. The number of nitrogens with one attached hydrogen (secondary N) is 2. The molecule has 1 aliphatic carbocycles. The summed E-state index contributed by atoms with van der Waals surface area (Å²) in [6.45, 7) is 2.15. The highest BCUT2D eigenvalue weighted by Gasteiger charge is 2.32. The average molecular weight is 331 g/mol. The van der Waals surface area contributed by atoms with E-state index >= 15 is 0 Å². The number of amides is 1. The van der Waals surface area contributed by atoms with Gasteiger partial charge in [-0.3, -0.25) is 4.79 Å². The maximum Gasteiger partial charge on any atom is 0.272 e. The van der Waals surface area contributed by atoms with Gasteiger partial charge in [0.2, 0.25) is 0 Å². The molecule has 1 saturated carbocycles. The van der Waals surface area contributed by atoms with E-state index in [-0.39, 0.29) is 11.9 Å². The summed E-state index contributed by atoms with van der Waals surface area (Å²) in [4.78, 5) is 22.4. The van der Waals surface area contributed by atoms with Crippen LogP contribution in [0, 0.1) is 0 Å². The molecule has 120 valence electrons. The number of benzene rings is 1. The number of nitrogens with zero attached hydrogens (tertiary/aromatic N) is 2. The topological polar surface area (TPSA) is 61.0 Å². The summed E-state index contributed by atoms with van der Waals surface area (Å²) in [6.07, 6.45) is 4.00. The number of imidazole rings is 1. The molecule has 2 N–H and O–H groups in total. The molecule has 1 aromatic heterocycles. The zero-order chi connectivity index (χ0) is 15.8. The first kappa shape index (κ1) is 14.7. The lowest BCUT2D eigenvalue weighted by atomic mass is 10.0. The van der Waals surface area contributed by atoms with Crippen LogP contribution in [-0.4, -0.2) is 40.4 Å². The predicted molar refractivity (Wildman–Crippen MR) is 88.7 cm³/mol. The van der Waals surface area contributed by atoms with E-state index in [9.17, 15) is 4.79 Å². The molecule has 5 nitrogen and oxygen atoms in total. The van der Waals surface area contributed by atoms with Crippen molar-refractivity contribution in [2.24, 2.45) is 0 Å². The fraction of sp³-hybridized carbons (Fsp3) is 0.412. The minimum Gasteiger partial charge on any atom is -0.338 e. The van der Waals surface area contributed by atoms with Crippen LogP contribution >= 0.6 is 11.6 Å². The predicted octanol–water partition coefficient (Wildman–Crippen LogP) is 2.73. The maximum atomic E-state index is 12.9. The van der Waals surface area contributed by atoms with Crippen molar-refractivity contribution in [2.45, 2.75) is 24.8 Å². The Kier molecular flexibility index (Phi) is 3.83. The molecule has 1 unspecified atom stereocenters. The van der Waals surface area contributed by atoms with Crippen LogP contribution in [0.25, 0.3) is 0 Å². The zero-order valence-corrected chi connectivity index (χ0v) is 13.5. The van der Waals surface area contributed by atoms with Gasteiger partial charge in [-0.2, -0.15) is 0 Å². The van der Waals surface area contributed by atoms with Crippen LogP contribution in [0.4, 0.5) is 0 Å². The Morgan fingerprint density at radius 1 is 1.30 bits per heavy atom. The second-order valence-corrected chi connectivity index (χ2v) is 6.60. The van der Waals surface area contributed by atoms with Crippen molar-refractivity contribution in [1.29, 1.82) is 0 Å². The third-order valence-electron chi connectivity index (χ3n) is 4.56. The Hall–Kier alpha value is -1.85. The van der Waals surface area contributed by atoms with Gasteiger partial charge in [0.1, 0.15) is 11.5 Å². The van der Waals surface area contributed by atoms with E-state index in [4.69, 9.17) is 11.6 Å². The number of H-pyrrole nitrogens is 1. The van der Waals surface area contributed by atoms with Gasteiger partial charge < -0.3 is 15.2 Å². The van der Waals surface area contributed by atoms with Crippen molar-refractivity contribution in [1.82, 2.24) is 20.2 Å². The van der Waals surface area contributed by atoms with Gasteiger partial charge in [0, 0.05) is 30.6 Å². The van der Waals surface area contributed by atoms with Gasteiger partial charge in [-0.25, -0.2) is 4.98 Å². The van der Waals surface area contributed by atoms with E-state index < -0.39 is 0 Å². The molecule has 0 radical (unpaired) electrons. The minimum absolute atomic E-state index is 0.00387. The number of piperazine rings is 1. The van der Waals surface area contributed by atoms with Crippen LogP contribution in [0.5, 0.6) is 0 Å². The van der Waals surface area contributed by atoms with Crippen molar-refractivity contribution < 1.29 is 4.79 Å². The first-order valence-corrected chi connectivity index (χ1v) is 8.43. The Bertz CT molecular complexity index is 725. The summed E-state index contributed by atoms with van der Waals surface area (Å²) in [5, 5.41) is 4.05. The molecular weight excluding hydrogens is 312 g/mol.